The molecule has 1 amide bonds. The Labute approximate surface area is 125 Å². The summed E-state index contributed by atoms with van der Waals surface area (Å²) in [4.78, 5) is 14.0. The van der Waals surface area contributed by atoms with Crippen LogP contribution in [0.4, 0.5) is 4.39 Å². The summed E-state index contributed by atoms with van der Waals surface area (Å²) in [5.74, 6) is 1.95. The molecule has 1 aliphatic heterocycles. The first kappa shape index (κ1) is 14.4. The summed E-state index contributed by atoms with van der Waals surface area (Å²) in [7, 11) is 0. The minimum absolute atomic E-state index is 0.246. The molecule has 21 heavy (non-hydrogen) atoms. The van der Waals surface area contributed by atoms with Gasteiger partial charge in [-0.1, -0.05) is 0 Å². The molecule has 3 nitrogen and oxygen atoms in total. The second kappa shape index (κ2) is 6.46. The third kappa shape index (κ3) is 4.19. The second-order valence-electron chi connectivity index (χ2n) is 6.24. The van der Waals surface area contributed by atoms with Gasteiger partial charge in [0.1, 0.15) is 11.6 Å². The summed E-state index contributed by atoms with van der Waals surface area (Å²) in [6, 6.07) is 6.14. The monoisotopic (exact) mass is 291 g/mol. The highest BCUT2D eigenvalue weighted by Gasteiger charge is 2.29. The lowest BCUT2D eigenvalue weighted by Gasteiger charge is -2.32. The Morgan fingerprint density at radius 2 is 1.76 bits per heavy atom. The fourth-order valence-electron chi connectivity index (χ4n) is 2.79. The molecule has 0 spiro atoms. The Morgan fingerprint density at radius 1 is 1.10 bits per heavy atom. The van der Waals surface area contributed by atoms with Crippen LogP contribution in [0.1, 0.15) is 32.1 Å². The lowest BCUT2D eigenvalue weighted by molar-refractivity contribution is -0.133. The molecule has 3 rings (SSSR count). The van der Waals surface area contributed by atoms with Crippen molar-refractivity contribution in [1.29, 1.82) is 0 Å². The van der Waals surface area contributed by atoms with Crippen LogP contribution >= 0.6 is 0 Å². The molecule has 1 saturated heterocycles. The number of hydrogen-bond acceptors (Lipinski definition) is 2. The van der Waals surface area contributed by atoms with Gasteiger partial charge in [-0.3, -0.25) is 4.79 Å². The fourth-order valence-corrected chi connectivity index (χ4v) is 2.79. The molecule has 114 valence electrons. The number of benzene rings is 1. The molecule has 1 aliphatic carbocycles. The van der Waals surface area contributed by atoms with E-state index in [1.807, 2.05) is 4.90 Å². The van der Waals surface area contributed by atoms with Crippen LogP contribution in [0.15, 0.2) is 24.3 Å². The van der Waals surface area contributed by atoms with Gasteiger partial charge in [0.15, 0.2) is 0 Å². The van der Waals surface area contributed by atoms with Crippen LogP contribution in [0.25, 0.3) is 0 Å². The summed E-state index contributed by atoms with van der Waals surface area (Å²) in [5, 5.41) is 0. The van der Waals surface area contributed by atoms with Gasteiger partial charge in [-0.2, -0.15) is 0 Å². The van der Waals surface area contributed by atoms with Crippen LogP contribution in [0.5, 0.6) is 5.75 Å². The van der Waals surface area contributed by atoms with E-state index < -0.39 is 0 Å². The maximum atomic E-state index is 12.8. The molecule has 0 bridgehead atoms. The molecule has 2 aliphatic rings. The van der Waals surface area contributed by atoms with E-state index in [1.165, 1.54) is 25.0 Å². The summed E-state index contributed by atoms with van der Waals surface area (Å²) in [5.41, 5.74) is 0. The largest absolute Gasteiger partial charge is 0.493 e. The van der Waals surface area contributed by atoms with Gasteiger partial charge in [-0.15, -0.1) is 0 Å². The van der Waals surface area contributed by atoms with E-state index in [0.717, 1.165) is 32.4 Å². The maximum absolute atomic E-state index is 12.8. The number of nitrogens with zero attached hydrogens (tertiary/aromatic N) is 1. The average molecular weight is 291 g/mol. The molecule has 2 fully saturated rings. The molecule has 0 radical (unpaired) electrons. The number of ether oxygens (including phenoxy) is 1. The number of likely N-dealkylation sites (tertiary alicyclic amines) is 1. The van der Waals surface area contributed by atoms with E-state index in [-0.39, 0.29) is 5.82 Å². The molecule has 1 saturated carbocycles. The van der Waals surface area contributed by atoms with Crippen molar-refractivity contribution < 1.29 is 13.9 Å². The quantitative estimate of drug-likeness (QED) is 0.833. The van der Waals surface area contributed by atoms with Gasteiger partial charge in [0, 0.05) is 19.5 Å². The van der Waals surface area contributed by atoms with E-state index in [4.69, 9.17) is 4.74 Å². The highest BCUT2D eigenvalue weighted by atomic mass is 19.1. The molecule has 0 atom stereocenters. The van der Waals surface area contributed by atoms with Crippen molar-refractivity contribution in [3.8, 4) is 5.75 Å². The third-order valence-electron chi connectivity index (χ3n) is 4.43. The van der Waals surface area contributed by atoms with Crippen LogP contribution in [-0.2, 0) is 4.79 Å². The lowest BCUT2D eigenvalue weighted by Crippen LogP contribution is -2.39. The zero-order chi connectivity index (χ0) is 14.7. The standard InChI is InChI=1S/C17H22FNO2/c18-15-3-5-16(6-4-15)21-12-14-7-9-19(10-8-14)17(20)11-13-1-2-13/h3-6,13-14H,1-2,7-12H2. The summed E-state index contributed by atoms with van der Waals surface area (Å²) in [6.07, 6.45) is 5.20. The van der Waals surface area contributed by atoms with Crippen molar-refractivity contribution in [3.63, 3.8) is 0 Å². The van der Waals surface area contributed by atoms with Gasteiger partial charge in [-0.25, -0.2) is 4.39 Å². The number of rotatable bonds is 5. The minimum Gasteiger partial charge on any atom is -0.493 e. The van der Waals surface area contributed by atoms with E-state index in [9.17, 15) is 9.18 Å². The number of amides is 1. The first-order valence-corrected chi connectivity index (χ1v) is 7.87. The molecule has 1 aromatic carbocycles. The first-order valence-electron chi connectivity index (χ1n) is 7.87. The Morgan fingerprint density at radius 3 is 2.38 bits per heavy atom. The normalized spacial score (nSPS) is 19.6. The Hall–Kier alpha value is -1.58. The topological polar surface area (TPSA) is 29.5 Å². The zero-order valence-electron chi connectivity index (χ0n) is 12.3. The number of piperidine rings is 1. The highest BCUT2D eigenvalue weighted by molar-refractivity contribution is 5.76. The van der Waals surface area contributed by atoms with Crippen molar-refractivity contribution in [1.82, 2.24) is 4.90 Å². The van der Waals surface area contributed by atoms with E-state index in [1.54, 1.807) is 12.1 Å². The lowest BCUT2D eigenvalue weighted by atomic mass is 9.97. The average Bonchev–Trinajstić information content (AvgIpc) is 3.31. The van der Waals surface area contributed by atoms with E-state index in [2.05, 4.69) is 0 Å². The number of carbonyl (C=O) groups is 1. The maximum Gasteiger partial charge on any atom is 0.222 e. The van der Waals surface area contributed by atoms with Crippen molar-refractivity contribution in [3.05, 3.63) is 30.1 Å². The predicted octanol–water partition coefficient (Wildman–Crippen LogP) is 3.24. The molecular weight excluding hydrogens is 269 g/mol. The number of carbonyl (C=O) groups excluding carboxylic acids is 1. The van der Waals surface area contributed by atoms with Crippen molar-refractivity contribution in [2.75, 3.05) is 19.7 Å². The molecule has 4 heteroatoms. The number of hydrogen-bond donors (Lipinski definition) is 0. The SMILES string of the molecule is O=C(CC1CC1)N1CCC(COc2ccc(F)cc2)CC1. The Kier molecular flexibility index (Phi) is 4.42. The molecular formula is C17H22FNO2. The minimum atomic E-state index is -0.246. The summed E-state index contributed by atoms with van der Waals surface area (Å²) >= 11 is 0. The zero-order valence-corrected chi connectivity index (χ0v) is 12.3. The molecule has 0 aromatic heterocycles. The van der Waals surface area contributed by atoms with Crippen molar-refractivity contribution in [2.24, 2.45) is 11.8 Å². The van der Waals surface area contributed by atoms with Gasteiger partial charge in [0.05, 0.1) is 6.61 Å². The van der Waals surface area contributed by atoms with Gasteiger partial charge in [0.2, 0.25) is 5.91 Å². The van der Waals surface area contributed by atoms with Gasteiger partial charge >= 0.3 is 0 Å². The van der Waals surface area contributed by atoms with Gasteiger partial charge in [-0.05, 0) is 61.8 Å². The Bertz CT molecular complexity index is 476. The second-order valence-corrected chi connectivity index (χ2v) is 6.24. The molecule has 1 aromatic rings. The molecule has 1 heterocycles. The highest BCUT2D eigenvalue weighted by Crippen LogP contribution is 2.33. The first-order chi connectivity index (χ1) is 10.2. The Balaban J connectivity index is 1.39. The van der Waals surface area contributed by atoms with Crippen molar-refractivity contribution >= 4 is 5.91 Å². The van der Waals surface area contributed by atoms with Crippen LogP contribution < -0.4 is 4.74 Å². The van der Waals surface area contributed by atoms with Crippen LogP contribution in [0, 0.1) is 17.7 Å². The van der Waals surface area contributed by atoms with Crippen LogP contribution in [0.2, 0.25) is 0 Å². The summed E-state index contributed by atoms with van der Waals surface area (Å²) < 4.78 is 18.5. The van der Waals surface area contributed by atoms with E-state index >= 15 is 0 Å². The smallest absolute Gasteiger partial charge is 0.222 e. The number of halogens is 1. The molecule has 0 N–H and O–H groups in total. The molecule has 0 unspecified atom stereocenters. The van der Waals surface area contributed by atoms with Gasteiger partial charge < -0.3 is 9.64 Å². The van der Waals surface area contributed by atoms with Crippen molar-refractivity contribution in [2.45, 2.75) is 32.1 Å². The predicted molar refractivity (Wildman–Crippen MR) is 78.5 cm³/mol. The van der Waals surface area contributed by atoms with Gasteiger partial charge in [0.25, 0.3) is 0 Å². The van der Waals surface area contributed by atoms with Crippen LogP contribution in [-0.4, -0.2) is 30.5 Å². The third-order valence-corrected chi connectivity index (χ3v) is 4.43. The van der Waals surface area contributed by atoms with E-state index in [0.29, 0.717) is 30.1 Å². The fraction of sp³-hybridized carbons (Fsp3) is 0.588. The van der Waals surface area contributed by atoms with Crippen LogP contribution in [0.3, 0.4) is 0 Å². The summed E-state index contributed by atoms with van der Waals surface area (Å²) in [6.45, 7) is 2.35.